The maximum atomic E-state index is 6.09. The van der Waals surface area contributed by atoms with E-state index in [2.05, 4.69) is 23.0 Å². The minimum absolute atomic E-state index is 0.452. The Morgan fingerprint density at radius 2 is 1.95 bits per heavy atom. The van der Waals surface area contributed by atoms with Crippen molar-refractivity contribution < 1.29 is 4.74 Å². The van der Waals surface area contributed by atoms with Crippen LogP contribution in [0.2, 0.25) is 5.15 Å². The van der Waals surface area contributed by atoms with E-state index in [1.165, 1.54) is 5.56 Å². The highest BCUT2D eigenvalue weighted by atomic mass is 35.5. The minimum Gasteiger partial charge on any atom is -0.439 e. The molecule has 2 rings (SSSR count). The summed E-state index contributed by atoms with van der Waals surface area (Å²) in [7, 11) is 0. The Hall–Kier alpha value is -1.61. The molecule has 0 aliphatic heterocycles. The van der Waals surface area contributed by atoms with Crippen LogP contribution in [0.4, 0.5) is 0 Å². The largest absolute Gasteiger partial charge is 0.439 e. The highest BCUT2D eigenvalue weighted by Gasteiger charge is 2.10. The molecule has 4 heteroatoms. The van der Waals surface area contributed by atoms with Crippen LogP contribution < -0.4 is 4.74 Å². The standard InChI is InChI=1S/C15H17ClN2O/c1-4-11-7-6-8-12(9-11)19-15-10(3)14(16)17-13(5-2)18-15/h6-9H,4-5H2,1-3H3. The van der Waals surface area contributed by atoms with Gasteiger partial charge in [-0.1, -0.05) is 37.6 Å². The number of rotatable bonds is 4. The molecule has 0 aliphatic rings. The molecule has 0 fully saturated rings. The second kappa shape index (κ2) is 6.02. The smallest absolute Gasteiger partial charge is 0.226 e. The van der Waals surface area contributed by atoms with Crippen molar-refractivity contribution in [3.63, 3.8) is 0 Å². The lowest BCUT2D eigenvalue weighted by Crippen LogP contribution is -2.00. The summed E-state index contributed by atoms with van der Waals surface area (Å²) in [6.45, 7) is 5.96. The summed E-state index contributed by atoms with van der Waals surface area (Å²) in [5.74, 6) is 2.00. The van der Waals surface area contributed by atoms with Gasteiger partial charge in [0.2, 0.25) is 5.88 Å². The first-order valence-corrected chi connectivity index (χ1v) is 6.81. The molecule has 1 aromatic carbocycles. The summed E-state index contributed by atoms with van der Waals surface area (Å²) in [5.41, 5.74) is 1.99. The maximum Gasteiger partial charge on any atom is 0.226 e. The Kier molecular flexibility index (Phi) is 4.38. The molecule has 19 heavy (non-hydrogen) atoms. The Morgan fingerprint density at radius 1 is 1.16 bits per heavy atom. The van der Waals surface area contributed by atoms with Crippen molar-refractivity contribution in [3.05, 3.63) is 46.4 Å². The fourth-order valence-corrected chi connectivity index (χ4v) is 1.89. The van der Waals surface area contributed by atoms with E-state index in [-0.39, 0.29) is 0 Å². The molecule has 0 radical (unpaired) electrons. The van der Waals surface area contributed by atoms with Gasteiger partial charge in [0.1, 0.15) is 16.7 Å². The number of hydrogen-bond acceptors (Lipinski definition) is 3. The van der Waals surface area contributed by atoms with Crippen molar-refractivity contribution in [3.8, 4) is 11.6 Å². The molecule has 100 valence electrons. The lowest BCUT2D eigenvalue weighted by molar-refractivity contribution is 0.454. The zero-order valence-electron chi connectivity index (χ0n) is 11.4. The topological polar surface area (TPSA) is 35.0 Å². The van der Waals surface area contributed by atoms with Crippen molar-refractivity contribution in [2.45, 2.75) is 33.6 Å². The van der Waals surface area contributed by atoms with Crippen molar-refractivity contribution in [1.82, 2.24) is 9.97 Å². The van der Waals surface area contributed by atoms with Gasteiger partial charge in [0, 0.05) is 12.0 Å². The van der Waals surface area contributed by atoms with Gasteiger partial charge in [-0.3, -0.25) is 0 Å². The van der Waals surface area contributed by atoms with Crippen molar-refractivity contribution >= 4 is 11.6 Å². The minimum atomic E-state index is 0.452. The van der Waals surface area contributed by atoms with E-state index in [1.807, 2.05) is 32.0 Å². The number of nitrogens with zero attached hydrogens (tertiary/aromatic N) is 2. The molecule has 0 N–H and O–H groups in total. The average molecular weight is 277 g/mol. The first-order valence-electron chi connectivity index (χ1n) is 6.43. The molecule has 1 heterocycles. The van der Waals surface area contributed by atoms with Crippen molar-refractivity contribution in [1.29, 1.82) is 0 Å². The highest BCUT2D eigenvalue weighted by molar-refractivity contribution is 6.30. The normalized spacial score (nSPS) is 10.5. The summed E-state index contributed by atoms with van der Waals surface area (Å²) in [4.78, 5) is 8.59. The van der Waals surface area contributed by atoms with E-state index in [0.717, 1.165) is 24.2 Å². The Morgan fingerprint density at radius 3 is 2.63 bits per heavy atom. The van der Waals surface area contributed by atoms with Gasteiger partial charge in [-0.15, -0.1) is 0 Å². The predicted molar refractivity (Wildman–Crippen MR) is 77.1 cm³/mol. The van der Waals surface area contributed by atoms with Gasteiger partial charge in [0.15, 0.2) is 0 Å². The number of benzene rings is 1. The lowest BCUT2D eigenvalue weighted by atomic mass is 10.2. The van der Waals surface area contributed by atoms with E-state index in [9.17, 15) is 0 Å². The Bertz CT molecular complexity index is 584. The fraction of sp³-hybridized carbons (Fsp3) is 0.333. The molecule has 0 amide bonds. The molecular formula is C15H17ClN2O. The zero-order chi connectivity index (χ0) is 13.8. The van der Waals surface area contributed by atoms with Crippen LogP contribution >= 0.6 is 11.6 Å². The SMILES string of the molecule is CCc1cccc(Oc2nc(CC)nc(Cl)c2C)c1. The number of aromatic nitrogens is 2. The third-order valence-electron chi connectivity index (χ3n) is 2.93. The molecule has 3 nitrogen and oxygen atoms in total. The highest BCUT2D eigenvalue weighted by Crippen LogP contribution is 2.27. The molecule has 0 atom stereocenters. The maximum absolute atomic E-state index is 6.09. The molecule has 0 bridgehead atoms. The van der Waals surface area contributed by atoms with Crippen LogP contribution in [-0.4, -0.2) is 9.97 Å². The summed E-state index contributed by atoms with van der Waals surface area (Å²) >= 11 is 6.09. The van der Waals surface area contributed by atoms with E-state index in [0.29, 0.717) is 16.9 Å². The summed E-state index contributed by atoms with van der Waals surface area (Å²) < 4.78 is 5.84. The van der Waals surface area contributed by atoms with Gasteiger partial charge in [0.25, 0.3) is 0 Å². The molecule has 0 saturated carbocycles. The summed E-state index contributed by atoms with van der Waals surface area (Å²) in [6.07, 6.45) is 1.70. The van der Waals surface area contributed by atoms with E-state index < -0.39 is 0 Å². The predicted octanol–water partition coefficient (Wildman–Crippen LogP) is 4.36. The van der Waals surface area contributed by atoms with Crippen LogP contribution in [-0.2, 0) is 12.8 Å². The Balaban J connectivity index is 2.34. The average Bonchev–Trinajstić information content (AvgIpc) is 2.43. The molecule has 0 aliphatic carbocycles. The van der Waals surface area contributed by atoms with Crippen LogP contribution in [0.25, 0.3) is 0 Å². The second-order valence-electron chi connectivity index (χ2n) is 4.32. The second-order valence-corrected chi connectivity index (χ2v) is 4.68. The molecule has 2 aromatic rings. The van der Waals surface area contributed by atoms with E-state index in [1.54, 1.807) is 0 Å². The van der Waals surface area contributed by atoms with Gasteiger partial charge in [0.05, 0.1) is 0 Å². The third kappa shape index (κ3) is 3.24. The first-order chi connectivity index (χ1) is 9.13. The van der Waals surface area contributed by atoms with Gasteiger partial charge in [-0.25, -0.2) is 4.98 Å². The third-order valence-corrected chi connectivity index (χ3v) is 3.29. The monoisotopic (exact) mass is 276 g/mol. The first kappa shape index (κ1) is 13.8. The molecular weight excluding hydrogens is 260 g/mol. The number of ether oxygens (including phenoxy) is 1. The molecule has 0 spiro atoms. The van der Waals surface area contributed by atoms with Crippen LogP contribution in [0.5, 0.6) is 11.6 Å². The van der Waals surface area contributed by atoms with E-state index in [4.69, 9.17) is 16.3 Å². The Labute approximate surface area is 118 Å². The van der Waals surface area contributed by atoms with Crippen LogP contribution in [0.3, 0.4) is 0 Å². The summed E-state index contributed by atoms with van der Waals surface area (Å²) in [6, 6.07) is 7.98. The van der Waals surface area contributed by atoms with Gasteiger partial charge < -0.3 is 4.74 Å². The number of hydrogen-bond donors (Lipinski definition) is 0. The zero-order valence-corrected chi connectivity index (χ0v) is 12.2. The van der Waals surface area contributed by atoms with Crippen LogP contribution in [0, 0.1) is 6.92 Å². The fourth-order valence-electron chi connectivity index (χ4n) is 1.71. The van der Waals surface area contributed by atoms with Gasteiger partial charge in [-0.05, 0) is 31.0 Å². The van der Waals surface area contributed by atoms with Crippen LogP contribution in [0.1, 0.15) is 30.8 Å². The summed E-state index contributed by atoms with van der Waals surface area (Å²) in [5, 5.41) is 0.452. The van der Waals surface area contributed by atoms with Crippen LogP contribution in [0.15, 0.2) is 24.3 Å². The quantitative estimate of drug-likeness (QED) is 0.779. The van der Waals surface area contributed by atoms with Gasteiger partial charge in [-0.2, -0.15) is 4.98 Å². The molecule has 0 saturated heterocycles. The molecule has 1 aromatic heterocycles. The number of halogens is 1. The van der Waals surface area contributed by atoms with Crippen molar-refractivity contribution in [2.75, 3.05) is 0 Å². The lowest BCUT2D eigenvalue weighted by Gasteiger charge is -2.10. The van der Waals surface area contributed by atoms with E-state index >= 15 is 0 Å². The molecule has 0 unspecified atom stereocenters. The van der Waals surface area contributed by atoms with Crippen molar-refractivity contribution in [2.24, 2.45) is 0 Å². The number of aryl methyl sites for hydroxylation is 2. The van der Waals surface area contributed by atoms with Gasteiger partial charge >= 0.3 is 0 Å².